The number of hydrogen-bond donors (Lipinski definition) is 3. The van der Waals surface area contributed by atoms with E-state index in [1.54, 1.807) is 85.3 Å². The predicted molar refractivity (Wildman–Crippen MR) is 310 cm³/mol. The second-order valence-electron chi connectivity index (χ2n) is 21.7. The van der Waals surface area contributed by atoms with Gasteiger partial charge in [0.15, 0.2) is 28.8 Å². The van der Waals surface area contributed by atoms with Gasteiger partial charge in [0.1, 0.15) is 17.8 Å². The lowest BCUT2D eigenvalue weighted by atomic mass is 10.0. The summed E-state index contributed by atoms with van der Waals surface area (Å²) in [5, 5.41) is 17.3. The van der Waals surface area contributed by atoms with Gasteiger partial charge >= 0.3 is 0 Å². The Morgan fingerprint density at radius 3 is 1.92 bits per heavy atom. The van der Waals surface area contributed by atoms with Gasteiger partial charge in [-0.15, -0.1) is 0 Å². The molecule has 1 aliphatic carbocycles. The molecule has 1 saturated carbocycles. The van der Waals surface area contributed by atoms with Crippen LogP contribution in [0.1, 0.15) is 110 Å². The number of carbonyl (C=O) groups is 7. The minimum Gasteiger partial charge on any atom is -0.493 e. The first kappa shape index (κ1) is 57.6. The number of methoxy groups -OCH3 is 2. The van der Waals surface area contributed by atoms with Gasteiger partial charge < -0.3 is 49.4 Å². The van der Waals surface area contributed by atoms with E-state index in [1.165, 1.54) is 44.8 Å². The van der Waals surface area contributed by atoms with Crippen LogP contribution in [0.5, 0.6) is 28.7 Å². The van der Waals surface area contributed by atoms with Crippen LogP contribution in [0.15, 0.2) is 113 Å². The minimum absolute atomic E-state index is 0.0969. The van der Waals surface area contributed by atoms with E-state index in [4.69, 9.17) is 38.9 Å². The van der Waals surface area contributed by atoms with Gasteiger partial charge in [0.2, 0.25) is 17.7 Å². The van der Waals surface area contributed by atoms with Crippen LogP contribution in [-0.4, -0.2) is 127 Å². The van der Waals surface area contributed by atoms with E-state index in [-0.39, 0.29) is 67.7 Å². The van der Waals surface area contributed by atoms with Crippen LogP contribution in [-0.2, 0) is 24.0 Å². The standard InChI is InChI=1S/C63H65N9O12/c1-36(2)58(69-56(73)10-7-6-8-21-70-57(74)30-55(63(70)79)84-46-19-11-38(31-64)12-20-46)60(76)67-37(3)59(75)68-43-17-15-40(16-18-43)42-25-45-33-66-50-29-54(52(81-5)27-48(50)62(78)72(45)35-42)83-23-9-22-82-53-28-49-47(26-51(53)80-4)61(77)71-34-41(39-13-14-39)24-44(71)32-65-49/h11-12,15-20,26-30,32-37,39,44-45,58H,6-10,13-14,21-25H2,1-5H3,(H,67,76)(H,68,75)(H,69,73)/t37-,44-,45-,58-/m1/s1. The number of nitrogens with zero attached hydrogens (tertiary/aromatic N) is 6. The number of ether oxygens (including phenoxy) is 5. The van der Waals surface area contributed by atoms with E-state index in [1.807, 2.05) is 36.8 Å². The maximum absolute atomic E-state index is 14.1. The third-order valence-corrected chi connectivity index (χ3v) is 15.4. The van der Waals surface area contributed by atoms with Crippen LogP contribution in [0.2, 0.25) is 0 Å². The number of benzene rings is 4. The van der Waals surface area contributed by atoms with Crippen LogP contribution in [0.4, 0.5) is 17.1 Å². The third kappa shape index (κ3) is 12.9. The summed E-state index contributed by atoms with van der Waals surface area (Å²) in [5.74, 6) is -0.604. The number of nitriles is 1. The topological polar surface area (TPSA) is 260 Å². The van der Waals surface area contributed by atoms with Crippen LogP contribution in [0, 0.1) is 23.2 Å². The number of nitrogens with one attached hydrogen (secondary N) is 3. The largest absolute Gasteiger partial charge is 0.493 e. The zero-order valence-electron chi connectivity index (χ0n) is 47.3. The minimum atomic E-state index is -0.952. The highest BCUT2D eigenvalue weighted by Crippen LogP contribution is 2.45. The highest BCUT2D eigenvalue weighted by molar-refractivity contribution is 6.15. The molecule has 434 valence electrons. The molecule has 21 nitrogen and oxygen atoms in total. The Morgan fingerprint density at radius 2 is 1.32 bits per heavy atom. The van der Waals surface area contributed by atoms with Gasteiger partial charge in [-0.1, -0.05) is 32.4 Å². The van der Waals surface area contributed by atoms with Crippen molar-refractivity contribution in [3.05, 3.63) is 125 Å². The second kappa shape index (κ2) is 25.3. The van der Waals surface area contributed by atoms with Gasteiger partial charge in [0, 0.05) is 68.5 Å². The Kier molecular flexibility index (Phi) is 17.3. The molecule has 4 aromatic carbocycles. The second-order valence-corrected chi connectivity index (χ2v) is 21.7. The molecule has 7 amide bonds. The lowest BCUT2D eigenvalue weighted by Gasteiger charge is -2.24. The Hall–Kier alpha value is -9.58. The van der Waals surface area contributed by atoms with E-state index in [0.717, 1.165) is 28.5 Å². The number of fused-ring (bicyclic) bond motifs is 4. The van der Waals surface area contributed by atoms with Crippen molar-refractivity contribution in [2.75, 3.05) is 39.3 Å². The Bertz CT molecular complexity index is 3490. The highest BCUT2D eigenvalue weighted by Gasteiger charge is 2.39. The third-order valence-electron chi connectivity index (χ3n) is 15.4. The summed E-state index contributed by atoms with van der Waals surface area (Å²) >= 11 is 0. The smallest absolute Gasteiger partial charge is 0.296 e. The molecule has 4 aromatic rings. The molecule has 0 bridgehead atoms. The molecule has 0 aromatic heterocycles. The summed E-state index contributed by atoms with van der Waals surface area (Å²) in [4.78, 5) is 107. The first-order valence-corrected chi connectivity index (χ1v) is 28.2. The fourth-order valence-corrected chi connectivity index (χ4v) is 10.5. The van der Waals surface area contributed by atoms with Crippen molar-refractivity contribution < 1.29 is 57.2 Å². The van der Waals surface area contributed by atoms with E-state index >= 15 is 0 Å². The summed E-state index contributed by atoms with van der Waals surface area (Å²) in [6.45, 7) is 5.79. The number of aliphatic imine (C=N–C) groups is 2. The van der Waals surface area contributed by atoms with Crippen LogP contribution < -0.4 is 39.6 Å². The first-order chi connectivity index (χ1) is 40.6. The Balaban J connectivity index is 0.657. The van der Waals surface area contributed by atoms with Crippen molar-refractivity contribution in [2.24, 2.45) is 21.8 Å². The lowest BCUT2D eigenvalue weighted by molar-refractivity contribution is -0.138. The van der Waals surface area contributed by atoms with Crippen LogP contribution in [0.25, 0.3) is 5.57 Å². The molecule has 10 rings (SSSR count). The van der Waals surface area contributed by atoms with E-state index < -0.39 is 35.7 Å². The molecule has 0 saturated heterocycles. The van der Waals surface area contributed by atoms with Crippen molar-refractivity contribution in [1.29, 1.82) is 5.26 Å². The number of hydrogen-bond acceptors (Lipinski definition) is 15. The zero-order chi connectivity index (χ0) is 59.2. The molecule has 0 spiro atoms. The average Bonchev–Trinajstić information content (AvgIpc) is 3.75. The Labute approximate surface area is 486 Å². The van der Waals surface area contributed by atoms with E-state index in [0.29, 0.717) is 101 Å². The SMILES string of the molecule is COc1cc2c(cc1OCCCOc1cc3c(cc1OC)C(=O)N1C=C(C4CC4)C[C@@H]1C=N3)N=C[C@H]1CC(c3ccc(NC(=O)[C@@H](C)NC(=O)[C@H](NC(=O)CCCCCN4C(=O)C=C(Oc5ccc(C#N)cc5)C4=O)C(C)C)cc3)=CN1C2=O. The van der Waals surface area contributed by atoms with Crippen LogP contribution >= 0.6 is 0 Å². The zero-order valence-corrected chi connectivity index (χ0v) is 47.3. The van der Waals surface area contributed by atoms with Gasteiger partial charge in [-0.2, -0.15) is 5.26 Å². The van der Waals surface area contributed by atoms with Crippen molar-refractivity contribution in [3.63, 3.8) is 0 Å². The molecule has 5 heterocycles. The van der Waals surface area contributed by atoms with Crippen molar-refractivity contribution in [2.45, 2.75) is 103 Å². The summed E-state index contributed by atoms with van der Waals surface area (Å²) in [6.07, 6.45) is 14.2. The number of rotatable bonds is 24. The van der Waals surface area contributed by atoms with E-state index in [9.17, 15) is 33.6 Å². The van der Waals surface area contributed by atoms with Crippen molar-refractivity contribution in [3.8, 4) is 34.8 Å². The van der Waals surface area contributed by atoms with Crippen molar-refractivity contribution in [1.82, 2.24) is 25.3 Å². The van der Waals surface area contributed by atoms with Gasteiger partial charge in [-0.05, 0) is 116 Å². The predicted octanol–water partition coefficient (Wildman–Crippen LogP) is 8.10. The molecule has 3 N–H and O–H groups in total. The van der Waals surface area contributed by atoms with Crippen molar-refractivity contribution >= 4 is 76.4 Å². The van der Waals surface area contributed by atoms with Gasteiger partial charge in [0.05, 0.1) is 79.7 Å². The molecule has 21 heteroatoms. The number of unbranched alkanes of at least 4 members (excludes halogenated alkanes) is 2. The molecule has 6 aliphatic rings. The molecule has 1 fully saturated rings. The Morgan fingerprint density at radius 1 is 0.702 bits per heavy atom. The quantitative estimate of drug-likeness (QED) is 0.0443. The van der Waals surface area contributed by atoms with Crippen LogP contribution in [0.3, 0.4) is 0 Å². The van der Waals surface area contributed by atoms with E-state index in [2.05, 4.69) is 16.0 Å². The summed E-state index contributed by atoms with van der Waals surface area (Å²) in [6, 6.07) is 19.8. The first-order valence-electron chi connectivity index (χ1n) is 28.2. The number of carbonyl (C=O) groups excluding carboxylic acids is 7. The molecule has 0 unspecified atom stereocenters. The molecular formula is C63H65N9O12. The highest BCUT2D eigenvalue weighted by atomic mass is 16.5. The van der Waals surface area contributed by atoms with Gasteiger partial charge in [0.25, 0.3) is 23.6 Å². The summed E-state index contributed by atoms with van der Waals surface area (Å²) in [7, 11) is 3.04. The maximum Gasteiger partial charge on any atom is 0.296 e. The maximum atomic E-state index is 14.1. The van der Waals surface area contributed by atoms with Gasteiger partial charge in [-0.3, -0.25) is 48.4 Å². The summed E-state index contributed by atoms with van der Waals surface area (Å²) < 4.78 is 29.2. The molecule has 0 radical (unpaired) electrons. The fraction of sp³-hybridized carbons (Fsp3) is 0.365. The molecule has 84 heavy (non-hydrogen) atoms. The number of imide groups is 1. The molecular weight excluding hydrogens is 1070 g/mol. The number of amides is 7. The molecule has 4 atom stereocenters. The molecule has 5 aliphatic heterocycles. The normalized spacial score (nSPS) is 18.2. The average molecular weight is 1140 g/mol. The van der Waals surface area contributed by atoms with Gasteiger partial charge in [-0.25, -0.2) is 0 Å². The number of anilines is 1. The summed E-state index contributed by atoms with van der Waals surface area (Å²) in [5.41, 5.74) is 5.73. The fourth-order valence-electron chi connectivity index (χ4n) is 10.5. The monoisotopic (exact) mass is 1140 g/mol. The lowest BCUT2D eigenvalue weighted by Crippen LogP contribution is -2.53.